The van der Waals surface area contributed by atoms with E-state index < -0.39 is 0 Å². The Morgan fingerprint density at radius 2 is 1.96 bits per heavy atom. The summed E-state index contributed by atoms with van der Waals surface area (Å²) in [5.74, 6) is 0.654. The summed E-state index contributed by atoms with van der Waals surface area (Å²) in [7, 11) is 2.07. The molecule has 3 rings (SSSR count). The number of thioether (sulfide) groups is 1. The highest BCUT2D eigenvalue weighted by Crippen LogP contribution is 2.35. The summed E-state index contributed by atoms with van der Waals surface area (Å²) in [6.07, 6.45) is 3.49. The first-order valence-electron chi connectivity index (χ1n) is 9.68. The number of rotatable bonds is 6. The highest BCUT2D eigenvalue weighted by molar-refractivity contribution is 7.98. The van der Waals surface area contributed by atoms with Crippen LogP contribution in [0.15, 0.2) is 29.2 Å². The lowest BCUT2D eigenvalue weighted by Crippen LogP contribution is -2.47. The molecule has 0 saturated carbocycles. The minimum absolute atomic E-state index is 0.0513. The number of amides is 2. The van der Waals surface area contributed by atoms with Crippen molar-refractivity contribution in [3.05, 3.63) is 29.8 Å². The predicted molar refractivity (Wildman–Crippen MR) is 110 cm³/mol. The van der Waals surface area contributed by atoms with Crippen LogP contribution in [-0.2, 0) is 4.79 Å². The third-order valence-electron chi connectivity index (χ3n) is 5.57. The maximum absolute atomic E-state index is 13.2. The van der Waals surface area contributed by atoms with Crippen LogP contribution >= 0.6 is 11.8 Å². The van der Waals surface area contributed by atoms with Gasteiger partial charge in [-0.15, -0.1) is 11.8 Å². The topological polar surface area (TPSA) is 52.7 Å². The Balaban J connectivity index is 1.64. The standard InChI is InChI=1S/C21H31N3O2S/c1-21(2)10-16(11-22-19(25)9-15-12-23(3)13-15)24(14-21)20(26)17-7-5-6-8-18(17)27-4/h5-8,15-16H,9-14H2,1-4H3,(H,22,25). The van der Waals surface area contributed by atoms with Crippen molar-refractivity contribution in [2.24, 2.45) is 11.3 Å². The van der Waals surface area contributed by atoms with Gasteiger partial charge in [-0.05, 0) is 43.2 Å². The summed E-state index contributed by atoms with van der Waals surface area (Å²) in [5, 5.41) is 3.08. The fourth-order valence-electron chi connectivity index (χ4n) is 4.32. The van der Waals surface area contributed by atoms with E-state index in [-0.39, 0.29) is 23.3 Å². The first-order valence-corrected chi connectivity index (χ1v) is 10.9. The van der Waals surface area contributed by atoms with Crippen molar-refractivity contribution in [3.8, 4) is 0 Å². The number of nitrogens with zero attached hydrogens (tertiary/aromatic N) is 2. The molecule has 0 bridgehead atoms. The van der Waals surface area contributed by atoms with Gasteiger partial charge in [0.2, 0.25) is 5.91 Å². The SMILES string of the molecule is CSc1ccccc1C(=O)N1CC(C)(C)CC1CNC(=O)CC1CN(C)C1. The van der Waals surface area contributed by atoms with E-state index in [1.54, 1.807) is 11.8 Å². The molecule has 1 aromatic carbocycles. The highest BCUT2D eigenvalue weighted by Gasteiger charge is 2.40. The number of likely N-dealkylation sites (tertiary alicyclic amines) is 2. The monoisotopic (exact) mass is 389 g/mol. The van der Waals surface area contributed by atoms with Crippen LogP contribution in [0.25, 0.3) is 0 Å². The molecule has 27 heavy (non-hydrogen) atoms. The van der Waals surface area contributed by atoms with Crippen LogP contribution in [0.4, 0.5) is 0 Å². The van der Waals surface area contributed by atoms with Crippen molar-refractivity contribution in [2.75, 3.05) is 39.5 Å². The van der Waals surface area contributed by atoms with Gasteiger partial charge in [0.15, 0.2) is 0 Å². The molecule has 0 radical (unpaired) electrons. The van der Waals surface area contributed by atoms with E-state index in [4.69, 9.17) is 0 Å². The summed E-state index contributed by atoms with van der Waals surface area (Å²) in [5.41, 5.74) is 0.826. The van der Waals surface area contributed by atoms with Crippen molar-refractivity contribution in [3.63, 3.8) is 0 Å². The molecule has 1 aromatic rings. The smallest absolute Gasteiger partial charge is 0.255 e. The lowest BCUT2D eigenvalue weighted by molar-refractivity contribution is -0.123. The molecular weight excluding hydrogens is 358 g/mol. The summed E-state index contributed by atoms with van der Waals surface area (Å²) in [6, 6.07) is 7.83. The number of nitrogens with one attached hydrogen (secondary N) is 1. The number of carbonyl (C=O) groups excluding carboxylic acids is 2. The zero-order chi connectivity index (χ0) is 19.6. The van der Waals surface area contributed by atoms with Crippen LogP contribution < -0.4 is 5.32 Å². The van der Waals surface area contributed by atoms with Gasteiger partial charge in [-0.2, -0.15) is 0 Å². The molecule has 148 valence electrons. The van der Waals surface area contributed by atoms with Gasteiger partial charge in [0.1, 0.15) is 0 Å². The molecule has 2 fully saturated rings. The number of hydrogen-bond donors (Lipinski definition) is 1. The molecule has 2 saturated heterocycles. The maximum Gasteiger partial charge on any atom is 0.255 e. The molecule has 2 heterocycles. The fourth-order valence-corrected chi connectivity index (χ4v) is 4.91. The predicted octanol–water partition coefficient (Wildman–Crippen LogP) is 2.72. The third kappa shape index (κ3) is 4.85. The number of benzene rings is 1. The quantitative estimate of drug-likeness (QED) is 0.760. The Morgan fingerprint density at radius 3 is 2.63 bits per heavy atom. The van der Waals surface area contributed by atoms with Crippen molar-refractivity contribution in [2.45, 2.75) is 37.6 Å². The van der Waals surface area contributed by atoms with E-state index in [1.165, 1.54) is 0 Å². The molecular formula is C21H31N3O2S. The molecule has 2 aliphatic rings. The molecule has 0 aromatic heterocycles. The van der Waals surface area contributed by atoms with Crippen LogP contribution in [0, 0.1) is 11.3 Å². The molecule has 5 nitrogen and oxygen atoms in total. The van der Waals surface area contributed by atoms with Crippen molar-refractivity contribution >= 4 is 23.6 Å². The van der Waals surface area contributed by atoms with Gasteiger partial charge in [-0.3, -0.25) is 9.59 Å². The maximum atomic E-state index is 13.2. The van der Waals surface area contributed by atoms with Gasteiger partial charge in [0.05, 0.1) is 5.56 Å². The molecule has 1 unspecified atom stereocenters. The van der Waals surface area contributed by atoms with Crippen LogP contribution in [-0.4, -0.2) is 67.1 Å². The second-order valence-electron chi connectivity index (χ2n) is 8.75. The summed E-state index contributed by atoms with van der Waals surface area (Å²) in [6.45, 7) is 7.65. The van der Waals surface area contributed by atoms with E-state index in [0.29, 0.717) is 18.9 Å². The average Bonchev–Trinajstić information content (AvgIpc) is 2.92. The zero-order valence-corrected chi connectivity index (χ0v) is 17.6. The lowest BCUT2D eigenvalue weighted by atomic mass is 9.90. The normalized spacial score (nSPS) is 22.5. The summed E-state index contributed by atoms with van der Waals surface area (Å²) in [4.78, 5) is 30.7. The first kappa shape index (κ1) is 20.2. The van der Waals surface area contributed by atoms with Gasteiger partial charge < -0.3 is 15.1 Å². The number of carbonyl (C=O) groups is 2. The second kappa shape index (κ2) is 8.23. The summed E-state index contributed by atoms with van der Waals surface area (Å²) >= 11 is 1.60. The van der Waals surface area contributed by atoms with Gasteiger partial charge in [0, 0.05) is 43.5 Å². The minimum Gasteiger partial charge on any atom is -0.354 e. The Labute approximate surface area is 166 Å². The Hall–Kier alpha value is -1.53. The van der Waals surface area contributed by atoms with E-state index in [2.05, 4.69) is 31.1 Å². The molecule has 2 aliphatic heterocycles. The Kier molecular flexibility index (Phi) is 6.16. The Morgan fingerprint density at radius 1 is 1.26 bits per heavy atom. The third-order valence-corrected chi connectivity index (χ3v) is 6.37. The minimum atomic E-state index is 0.0513. The van der Waals surface area contributed by atoms with E-state index >= 15 is 0 Å². The highest BCUT2D eigenvalue weighted by atomic mass is 32.2. The average molecular weight is 390 g/mol. The van der Waals surface area contributed by atoms with Crippen LogP contribution in [0.3, 0.4) is 0 Å². The fraction of sp³-hybridized carbons (Fsp3) is 0.619. The van der Waals surface area contributed by atoms with Crippen molar-refractivity contribution in [1.29, 1.82) is 0 Å². The van der Waals surface area contributed by atoms with Crippen LogP contribution in [0.5, 0.6) is 0 Å². The molecule has 1 N–H and O–H groups in total. The van der Waals surface area contributed by atoms with Crippen LogP contribution in [0.2, 0.25) is 0 Å². The molecule has 6 heteroatoms. The molecule has 2 amide bonds. The van der Waals surface area contributed by atoms with Gasteiger partial charge in [-0.25, -0.2) is 0 Å². The zero-order valence-electron chi connectivity index (χ0n) is 16.8. The van der Waals surface area contributed by atoms with Gasteiger partial charge >= 0.3 is 0 Å². The summed E-state index contributed by atoms with van der Waals surface area (Å²) < 4.78 is 0. The van der Waals surface area contributed by atoms with E-state index in [9.17, 15) is 9.59 Å². The van der Waals surface area contributed by atoms with Gasteiger partial charge in [0.25, 0.3) is 5.91 Å². The second-order valence-corrected chi connectivity index (χ2v) is 9.60. The van der Waals surface area contributed by atoms with Crippen molar-refractivity contribution < 1.29 is 9.59 Å². The Bertz CT molecular complexity index is 700. The van der Waals surface area contributed by atoms with Gasteiger partial charge in [-0.1, -0.05) is 26.0 Å². The largest absolute Gasteiger partial charge is 0.354 e. The van der Waals surface area contributed by atoms with E-state index in [1.807, 2.05) is 35.4 Å². The molecule has 0 spiro atoms. The number of hydrogen-bond acceptors (Lipinski definition) is 4. The van der Waals surface area contributed by atoms with E-state index in [0.717, 1.165) is 36.5 Å². The first-order chi connectivity index (χ1) is 12.8. The lowest BCUT2D eigenvalue weighted by Gasteiger charge is -2.35. The van der Waals surface area contributed by atoms with Crippen molar-refractivity contribution in [1.82, 2.24) is 15.1 Å². The van der Waals surface area contributed by atoms with Crippen LogP contribution in [0.1, 0.15) is 37.0 Å². The molecule has 0 aliphatic carbocycles. The molecule has 1 atom stereocenters.